The van der Waals surface area contributed by atoms with E-state index in [4.69, 9.17) is 4.74 Å². The van der Waals surface area contributed by atoms with Gasteiger partial charge < -0.3 is 19.5 Å². The molecule has 0 spiro atoms. The number of hydrogen-bond donors (Lipinski definition) is 1. The molecule has 1 aliphatic rings. The van der Waals surface area contributed by atoms with Crippen molar-refractivity contribution in [2.45, 2.75) is 12.0 Å². The first-order valence-electron chi connectivity index (χ1n) is 11.6. The number of benzene rings is 3. The summed E-state index contributed by atoms with van der Waals surface area (Å²) in [6.45, 7) is 0.530. The van der Waals surface area contributed by atoms with Gasteiger partial charge in [0, 0.05) is 55.0 Å². The summed E-state index contributed by atoms with van der Waals surface area (Å²) in [7, 11) is 3.46. The fraction of sp³-hybridized carbons (Fsp3) is 0.214. The summed E-state index contributed by atoms with van der Waals surface area (Å²) in [5.74, 6) is -3.18. The van der Waals surface area contributed by atoms with E-state index in [1.54, 1.807) is 36.3 Å². The second-order valence-corrected chi connectivity index (χ2v) is 8.83. The number of aryl methyl sites for hydroxylation is 1. The maximum Gasteiger partial charge on any atom is 0.254 e. The first-order valence-corrected chi connectivity index (χ1v) is 11.6. The van der Waals surface area contributed by atoms with Gasteiger partial charge in [0.1, 0.15) is 11.6 Å². The number of carbonyl (C=O) groups is 2. The predicted octanol–water partition coefficient (Wildman–Crippen LogP) is 5.02. The van der Waals surface area contributed by atoms with E-state index in [9.17, 15) is 18.4 Å². The molecule has 2 heterocycles. The maximum absolute atomic E-state index is 14.5. The molecular weight excluding hydrogens is 464 g/mol. The summed E-state index contributed by atoms with van der Waals surface area (Å²) < 4.78 is 35.2. The molecule has 6 nitrogen and oxygen atoms in total. The molecule has 0 bridgehead atoms. The van der Waals surface area contributed by atoms with Crippen LogP contribution in [0.3, 0.4) is 0 Å². The van der Waals surface area contributed by atoms with E-state index in [1.165, 1.54) is 6.07 Å². The molecule has 0 saturated heterocycles. The van der Waals surface area contributed by atoms with Gasteiger partial charge in [-0.05, 0) is 29.8 Å². The van der Waals surface area contributed by atoms with Gasteiger partial charge in [-0.2, -0.15) is 0 Å². The first kappa shape index (κ1) is 23.7. The lowest BCUT2D eigenvalue weighted by Crippen LogP contribution is -2.47. The zero-order valence-corrected chi connectivity index (χ0v) is 19.9. The summed E-state index contributed by atoms with van der Waals surface area (Å²) in [5, 5.41) is 3.55. The predicted molar refractivity (Wildman–Crippen MR) is 133 cm³/mol. The number of nitrogens with zero attached hydrogens (tertiary/aromatic N) is 2. The van der Waals surface area contributed by atoms with Crippen LogP contribution in [0.1, 0.15) is 33.4 Å². The number of methoxy groups -OCH3 is 1. The monoisotopic (exact) mass is 489 g/mol. The molecule has 0 radical (unpaired) electrons. The lowest BCUT2D eigenvalue weighted by atomic mass is 9.79. The van der Waals surface area contributed by atoms with Gasteiger partial charge in [-0.25, -0.2) is 8.78 Å². The van der Waals surface area contributed by atoms with E-state index in [1.807, 2.05) is 42.1 Å². The number of ether oxygens (including phenoxy) is 1. The molecule has 184 valence electrons. The average Bonchev–Trinajstić information content (AvgIpc) is 3.21. The molecule has 1 aromatic heterocycles. The molecule has 0 fully saturated rings. The van der Waals surface area contributed by atoms with Crippen molar-refractivity contribution >= 4 is 28.4 Å². The lowest BCUT2D eigenvalue weighted by Gasteiger charge is -2.41. The number of anilines is 1. The molecule has 4 aromatic rings. The number of carbonyl (C=O) groups excluding carboxylic acids is 2. The van der Waals surface area contributed by atoms with Crippen LogP contribution in [-0.4, -0.2) is 41.5 Å². The highest BCUT2D eigenvalue weighted by atomic mass is 19.1. The van der Waals surface area contributed by atoms with Crippen LogP contribution in [0.15, 0.2) is 72.9 Å². The summed E-state index contributed by atoms with van der Waals surface area (Å²) in [6.07, 6.45) is 1.93. The summed E-state index contributed by atoms with van der Waals surface area (Å²) in [4.78, 5) is 29.2. The third kappa shape index (κ3) is 4.03. The average molecular weight is 490 g/mol. The van der Waals surface area contributed by atoms with Gasteiger partial charge in [0.25, 0.3) is 5.91 Å². The van der Waals surface area contributed by atoms with Crippen molar-refractivity contribution < 1.29 is 23.1 Å². The number of fused-ring (bicyclic) bond motifs is 2. The SMILES string of the molecule is COCCN1C(=O)c2ccccc2[C@@H](C(=O)Nc2ccc(F)cc2F)[C@H]1c1cn(C)c2ccccc12. The highest BCUT2D eigenvalue weighted by molar-refractivity contribution is 6.05. The van der Waals surface area contributed by atoms with E-state index in [-0.39, 0.29) is 24.7 Å². The van der Waals surface area contributed by atoms with Gasteiger partial charge in [-0.3, -0.25) is 9.59 Å². The van der Waals surface area contributed by atoms with Crippen LogP contribution in [0.25, 0.3) is 10.9 Å². The third-order valence-corrected chi connectivity index (χ3v) is 6.69. The van der Waals surface area contributed by atoms with Crippen molar-refractivity contribution in [3.63, 3.8) is 0 Å². The molecule has 2 amide bonds. The minimum Gasteiger partial charge on any atom is -0.383 e. The molecule has 0 aliphatic carbocycles. The fourth-order valence-corrected chi connectivity index (χ4v) is 5.07. The van der Waals surface area contributed by atoms with Gasteiger partial charge in [0.15, 0.2) is 0 Å². The Labute approximate surface area is 207 Å². The zero-order valence-electron chi connectivity index (χ0n) is 19.9. The van der Waals surface area contributed by atoms with Crippen molar-refractivity contribution in [2.75, 3.05) is 25.6 Å². The van der Waals surface area contributed by atoms with Crippen LogP contribution in [0.2, 0.25) is 0 Å². The molecule has 5 rings (SSSR count). The van der Waals surface area contributed by atoms with Gasteiger partial charge in [-0.1, -0.05) is 36.4 Å². The van der Waals surface area contributed by atoms with Crippen LogP contribution in [-0.2, 0) is 16.6 Å². The molecule has 36 heavy (non-hydrogen) atoms. The van der Waals surface area contributed by atoms with Crippen LogP contribution in [0, 0.1) is 11.6 Å². The number of halogens is 2. The lowest BCUT2D eigenvalue weighted by molar-refractivity contribution is -0.119. The normalized spacial score (nSPS) is 17.3. The van der Waals surface area contributed by atoms with Crippen LogP contribution >= 0.6 is 0 Å². The molecule has 1 aliphatic heterocycles. The van der Waals surface area contributed by atoms with Gasteiger partial charge in [0.2, 0.25) is 5.91 Å². The Balaban J connectivity index is 1.69. The second kappa shape index (κ2) is 9.54. The Hall–Kier alpha value is -4.04. The molecule has 0 unspecified atom stereocenters. The number of para-hydroxylation sites is 1. The summed E-state index contributed by atoms with van der Waals surface area (Å²) in [5.41, 5.74) is 2.58. The van der Waals surface area contributed by atoms with Crippen LogP contribution in [0.4, 0.5) is 14.5 Å². The first-order chi connectivity index (χ1) is 17.4. The third-order valence-electron chi connectivity index (χ3n) is 6.69. The van der Waals surface area contributed by atoms with Gasteiger partial charge in [0.05, 0.1) is 24.3 Å². The second-order valence-electron chi connectivity index (χ2n) is 8.83. The number of rotatable bonds is 6. The Kier molecular flexibility index (Phi) is 6.28. The van der Waals surface area contributed by atoms with Crippen LogP contribution < -0.4 is 5.32 Å². The van der Waals surface area contributed by atoms with Gasteiger partial charge in [-0.15, -0.1) is 0 Å². The van der Waals surface area contributed by atoms with E-state index in [0.717, 1.165) is 28.6 Å². The molecule has 3 aromatic carbocycles. The summed E-state index contributed by atoms with van der Waals surface area (Å²) >= 11 is 0. The standard InChI is InChI=1S/C28H25F2N3O3/c1-32-16-21(18-7-5-6-10-24(18)32)26-25(27(34)31-23-12-11-17(29)15-22(23)30)19-8-3-4-9-20(19)28(35)33(26)13-14-36-2/h3-12,15-16,25-26H,13-14H2,1-2H3,(H,31,34)/t25-,26-/m1/s1. The number of hydrogen-bond acceptors (Lipinski definition) is 3. The zero-order chi connectivity index (χ0) is 25.4. The topological polar surface area (TPSA) is 63.6 Å². The minimum absolute atomic E-state index is 0.129. The fourth-order valence-electron chi connectivity index (χ4n) is 5.07. The highest BCUT2D eigenvalue weighted by Gasteiger charge is 2.45. The quantitative estimate of drug-likeness (QED) is 0.414. The smallest absolute Gasteiger partial charge is 0.254 e. The van der Waals surface area contributed by atoms with E-state index in [2.05, 4.69) is 5.32 Å². The van der Waals surface area contributed by atoms with E-state index >= 15 is 0 Å². The molecule has 8 heteroatoms. The Morgan fingerprint density at radius 3 is 2.56 bits per heavy atom. The number of amides is 2. The summed E-state index contributed by atoms with van der Waals surface area (Å²) in [6, 6.07) is 17.1. The van der Waals surface area contributed by atoms with Crippen LogP contribution in [0.5, 0.6) is 0 Å². The van der Waals surface area contributed by atoms with Crippen molar-refractivity contribution in [2.24, 2.45) is 7.05 Å². The van der Waals surface area contributed by atoms with Crippen molar-refractivity contribution in [1.29, 1.82) is 0 Å². The Morgan fingerprint density at radius 1 is 1.03 bits per heavy atom. The molecular formula is C28H25F2N3O3. The Bertz CT molecular complexity index is 1470. The van der Waals surface area contributed by atoms with Crippen molar-refractivity contribution in [3.8, 4) is 0 Å². The highest BCUT2D eigenvalue weighted by Crippen LogP contribution is 2.45. The molecule has 1 N–H and O–H groups in total. The molecule has 2 atom stereocenters. The number of aromatic nitrogens is 1. The van der Waals surface area contributed by atoms with Crippen molar-refractivity contribution in [3.05, 3.63) is 101 Å². The van der Waals surface area contributed by atoms with E-state index < -0.39 is 29.5 Å². The minimum atomic E-state index is -0.874. The number of nitrogens with one attached hydrogen (secondary N) is 1. The Morgan fingerprint density at radius 2 is 1.78 bits per heavy atom. The molecule has 0 saturated carbocycles. The van der Waals surface area contributed by atoms with Gasteiger partial charge >= 0.3 is 0 Å². The maximum atomic E-state index is 14.5. The van der Waals surface area contributed by atoms with E-state index in [0.29, 0.717) is 11.1 Å². The van der Waals surface area contributed by atoms with Crippen molar-refractivity contribution in [1.82, 2.24) is 9.47 Å². The largest absolute Gasteiger partial charge is 0.383 e.